The van der Waals surface area contributed by atoms with Crippen molar-refractivity contribution < 1.29 is 14.3 Å². The average Bonchev–Trinajstić information content (AvgIpc) is 2.79. The third kappa shape index (κ3) is 1.88. The van der Waals surface area contributed by atoms with Crippen LogP contribution >= 0.6 is 0 Å². The van der Waals surface area contributed by atoms with Gasteiger partial charge >= 0.3 is 5.97 Å². The highest BCUT2D eigenvalue weighted by molar-refractivity contribution is 5.84. The van der Waals surface area contributed by atoms with Crippen LogP contribution in [0.25, 0.3) is 0 Å². The number of aromatic nitrogens is 1. The van der Waals surface area contributed by atoms with Gasteiger partial charge in [-0.05, 0) is 18.8 Å². The Kier molecular flexibility index (Phi) is 1.78. The zero-order chi connectivity index (χ0) is 9.26. The predicted molar refractivity (Wildman–Crippen MR) is 43.1 cm³/mol. The van der Waals surface area contributed by atoms with Crippen LogP contribution < -0.4 is 0 Å². The summed E-state index contributed by atoms with van der Waals surface area (Å²) < 4.78 is 4.84. The van der Waals surface area contributed by atoms with Gasteiger partial charge in [-0.2, -0.15) is 4.98 Å². The van der Waals surface area contributed by atoms with Gasteiger partial charge in [-0.1, -0.05) is 5.92 Å². The first-order chi connectivity index (χ1) is 6.25. The predicted octanol–water partition coefficient (Wildman–Crippen LogP) is 1.13. The molecule has 0 saturated heterocycles. The molecular formula is C9H7NO3. The Balaban J connectivity index is 2.13. The first-order valence-electron chi connectivity index (χ1n) is 3.96. The molecule has 1 aromatic rings. The number of hydrogen-bond donors (Lipinski definition) is 1. The summed E-state index contributed by atoms with van der Waals surface area (Å²) in [6.45, 7) is 0. The fourth-order valence-electron chi connectivity index (χ4n) is 0.821. The molecule has 1 aliphatic carbocycles. The maximum Gasteiger partial charge on any atom is 0.357 e. The van der Waals surface area contributed by atoms with E-state index in [0.29, 0.717) is 5.92 Å². The minimum atomic E-state index is -1.09. The second kappa shape index (κ2) is 2.94. The van der Waals surface area contributed by atoms with E-state index in [1.165, 1.54) is 0 Å². The van der Waals surface area contributed by atoms with Crippen molar-refractivity contribution in [2.24, 2.45) is 5.92 Å². The summed E-state index contributed by atoms with van der Waals surface area (Å²) in [5.74, 6) is 5.17. The Morgan fingerprint density at radius 2 is 2.46 bits per heavy atom. The lowest BCUT2D eigenvalue weighted by Gasteiger charge is -1.77. The topological polar surface area (TPSA) is 63.3 Å². The summed E-state index contributed by atoms with van der Waals surface area (Å²) in [6, 6.07) is 0. The maximum atomic E-state index is 10.4. The van der Waals surface area contributed by atoms with Gasteiger partial charge in [0.25, 0.3) is 5.89 Å². The first-order valence-corrected chi connectivity index (χ1v) is 3.96. The Labute approximate surface area is 74.6 Å². The van der Waals surface area contributed by atoms with Gasteiger partial charge in [0.2, 0.25) is 0 Å². The van der Waals surface area contributed by atoms with Crippen molar-refractivity contribution in [1.82, 2.24) is 4.98 Å². The van der Waals surface area contributed by atoms with E-state index in [1.54, 1.807) is 0 Å². The van der Waals surface area contributed by atoms with Gasteiger partial charge in [-0.3, -0.25) is 0 Å². The fraction of sp³-hybridized carbons (Fsp3) is 0.333. The molecule has 0 radical (unpaired) electrons. The molecule has 4 nitrogen and oxygen atoms in total. The number of oxazole rings is 1. The third-order valence-corrected chi connectivity index (χ3v) is 1.68. The van der Waals surface area contributed by atoms with Crippen LogP contribution in [0.1, 0.15) is 29.2 Å². The molecule has 0 bridgehead atoms. The number of carboxylic acid groups (broad SMARTS) is 1. The molecule has 0 aliphatic heterocycles. The van der Waals surface area contributed by atoms with Crippen LogP contribution in [-0.2, 0) is 0 Å². The van der Waals surface area contributed by atoms with E-state index < -0.39 is 5.97 Å². The molecule has 1 aliphatic rings. The van der Waals surface area contributed by atoms with E-state index in [0.717, 1.165) is 19.1 Å². The minimum Gasteiger partial charge on any atom is -0.476 e. The molecular weight excluding hydrogens is 170 g/mol. The molecule has 0 atom stereocenters. The Morgan fingerprint density at radius 1 is 1.69 bits per heavy atom. The second-order valence-electron chi connectivity index (χ2n) is 2.89. The highest BCUT2D eigenvalue weighted by Crippen LogP contribution is 2.27. The van der Waals surface area contributed by atoms with E-state index in [4.69, 9.17) is 9.52 Å². The van der Waals surface area contributed by atoms with Crippen molar-refractivity contribution >= 4 is 5.97 Å². The molecule has 13 heavy (non-hydrogen) atoms. The molecule has 66 valence electrons. The van der Waals surface area contributed by atoms with Crippen molar-refractivity contribution in [3.05, 3.63) is 17.8 Å². The number of carbonyl (C=O) groups is 1. The average molecular weight is 177 g/mol. The summed E-state index contributed by atoms with van der Waals surface area (Å²) in [7, 11) is 0. The van der Waals surface area contributed by atoms with Crippen LogP contribution in [0.4, 0.5) is 0 Å². The lowest BCUT2D eigenvalue weighted by Crippen LogP contribution is -1.95. The van der Waals surface area contributed by atoms with Gasteiger partial charge < -0.3 is 9.52 Å². The molecule has 1 N–H and O–H groups in total. The molecule has 1 saturated carbocycles. The zero-order valence-corrected chi connectivity index (χ0v) is 6.78. The van der Waals surface area contributed by atoms with Gasteiger partial charge in [0.1, 0.15) is 6.26 Å². The van der Waals surface area contributed by atoms with Crippen LogP contribution in [0.5, 0.6) is 0 Å². The van der Waals surface area contributed by atoms with Crippen molar-refractivity contribution in [2.75, 3.05) is 0 Å². The molecule has 1 aromatic heterocycles. The fourth-order valence-corrected chi connectivity index (χ4v) is 0.821. The van der Waals surface area contributed by atoms with E-state index in [9.17, 15) is 4.79 Å². The van der Waals surface area contributed by atoms with E-state index >= 15 is 0 Å². The molecule has 0 aromatic carbocycles. The number of rotatable bonds is 1. The van der Waals surface area contributed by atoms with Gasteiger partial charge in [0.05, 0.1) is 0 Å². The number of aromatic carboxylic acids is 1. The van der Waals surface area contributed by atoms with Crippen LogP contribution in [0, 0.1) is 17.8 Å². The van der Waals surface area contributed by atoms with Crippen molar-refractivity contribution in [3.8, 4) is 11.8 Å². The number of hydrogen-bond acceptors (Lipinski definition) is 3. The summed E-state index contributed by atoms with van der Waals surface area (Å²) in [5.41, 5.74) is -0.0971. The monoisotopic (exact) mass is 177 g/mol. The molecule has 1 heterocycles. The minimum absolute atomic E-state index is 0.0971. The summed E-state index contributed by atoms with van der Waals surface area (Å²) in [4.78, 5) is 14.1. The largest absolute Gasteiger partial charge is 0.476 e. The molecule has 0 unspecified atom stereocenters. The Bertz CT molecular complexity index is 392. The van der Waals surface area contributed by atoms with Crippen LogP contribution in [0.3, 0.4) is 0 Å². The van der Waals surface area contributed by atoms with E-state index in [1.807, 2.05) is 0 Å². The molecule has 0 spiro atoms. The smallest absolute Gasteiger partial charge is 0.357 e. The van der Waals surface area contributed by atoms with Crippen molar-refractivity contribution in [2.45, 2.75) is 12.8 Å². The van der Waals surface area contributed by atoms with Gasteiger partial charge in [0.15, 0.2) is 5.69 Å². The summed E-state index contributed by atoms with van der Waals surface area (Å²) in [5, 5.41) is 8.52. The van der Waals surface area contributed by atoms with Crippen LogP contribution in [0.2, 0.25) is 0 Å². The summed E-state index contributed by atoms with van der Waals surface area (Å²) >= 11 is 0. The highest BCUT2D eigenvalue weighted by Gasteiger charge is 2.18. The number of nitrogens with zero attached hydrogens (tertiary/aromatic N) is 1. The molecule has 0 amide bonds. The van der Waals surface area contributed by atoms with Gasteiger partial charge in [-0.25, -0.2) is 4.79 Å². The SMILES string of the molecule is O=C(O)c1coc(C#CC2CC2)n1. The Hall–Kier alpha value is -1.76. The maximum absolute atomic E-state index is 10.4. The summed E-state index contributed by atoms with van der Waals surface area (Å²) in [6.07, 6.45) is 3.35. The highest BCUT2D eigenvalue weighted by atomic mass is 16.4. The second-order valence-corrected chi connectivity index (χ2v) is 2.89. The van der Waals surface area contributed by atoms with E-state index in [2.05, 4.69) is 16.8 Å². The normalized spacial score (nSPS) is 14.8. The molecule has 4 heteroatoms. The van der Waals surface area contributed by atoms with Crippen molar-refractivity contribution in [3.63, 3.8) is 0 Å². The standard InChI is InChI=1S/C9H7NO3/c11-9(12)7-5-13-8(10-7)4-3-6-1-2-6/h5-6H,1-2H2,(H,11,12). The number of carboxylic acids is 1. The van der Waals surface area contributed by atoms with Gasteiger partial charge in [0, 0.05) is 5.92 Å². The third-order valence-electron chi connectivity index (χ3n) is 1.68. The molecule has 1 fully saturated rings. The van der Waals surface area contributed by atoms with Crippen LogP contribution in [-0.4, -0.2) is 16.1 Å². The van der Waals surface area contributed by atoms with Gasteiger partial charge in [-0.15, -0.1) is 0 Å². The van der Waals surface area contributed by atoms with Crippen molar-refractivity contribution in [1.29, 1.82) is 0 Å². The lowest BCUT2D eigenvalue weighted by molar-refractivity contribution is 0.0690. The lowest BCUT2D eigenvalue weighted by atomic mass is 10.4. The quantitative estimate of drug-likeness (QED) is 0.653. The molecule has 2 rings (SSSR count). The Morgan fingerprint density at radius 3 is 3.00 bits per heavy atom. The van der Waals surface area contributed by atoms with E-state index in [-0.39, 0.29) is 11.6 Å². The van der Waals surface area contributed by atoms with Crippen LogP contribution in [0.15, 0.2) is 10.7 Å². The first kappa shape index (κ1) is 7.87. The zero-order valence-electron chi connectivity index (χ0n) is 6.78.